The maximum Gasteiger partial charge on any atom is 0.224 e. The van der Waals surface area contributed by atoms with E-state index in [-0.39, 0.29) is 5.91 Å². The van der Waals surface area contributed by atoms with E-state index in [1.165, 1.54) is 24.1 Å². The van der Waals surface area contributed by atoms with Crippen molar-refractivity contribution >= 4 is 17.3 Å². The average molecular weight is 259 g/mol. The largest absolute Gasteiger partial charge is 0.373 e. The number of nitrogens with zero attached hydrogens (tertiary/aromatic N) is 1. The molecule has 2 N–H and O–H groups in total. The third-order valence-corrected chi connectivity index (χ3v) is 4.08. The van der Waals surface area contributed by atoms with Crippen LogP contribution in [0.25, 0.3) is 0 Å². The molecule has 4 nitrogen and oxygen atoms in total. The summed E-state index contributed by atoms with van der Waals surface area (Å²) in [7, 11) is 2.14. The van der Waals surface area contributed by atoms with Crippen LogP contribution in [-0.2, 0) is 11.2 Å². The molecule has 1 aromatic carbocycles. The minimum Gasteiger partial charge on any atom is -0.373 e. The predicted molar refractivity (Wildman–Crippen MR) is 77.7 cm³/mol. The fourth-order valence-corrected chi connectivity index (χ4v) is 2.96. The highest BCUT2D eigenvalue weighted by molar-refractivity contribution is 5.94. The Labute approximate surface area is 114 Å². The number of carbonyl (C=O) groups excluding carboxylic acids is 1. The third kappa shape index (κ3) is 2.73. The number of rotatable bonds is 3. The Bertz CT molecular complexity index is 480. The van der Waals surface area contributed by atoms with Crippen molar-refractivity contribution in [2.24, 2.45) is 0 Å². The summed E-state index contributed by atoms with van der Waals surface area (Å²) in [6.07, 6.45) is 4.01. The zero-order chi connectivity index (χ0) is 13.2. The molecule has 2 heterocycles. The monoisotopic (exact) mass is 259 g/mol. The molecule has 1 fully saturated rings. The van der Waals surface area contributed by atoms with Gasteiger partial charge in [-0.05, 0) is 49.6 Å². The van der Waals surface area contributed by atoms with Crippen molar-refractivity contribution in [2.45, 2.75) is 31.7 Å². The van der Waals surface area contributed by atoms with Crippen LogP contribution in [0.5, 0.6) is 0 Å². The van der Waals surface area contributed by atoms with Crippen molar-refractivity contribution in [3.8, 4) is 0 Å². The van der Waals surface area contributed by atoms with Crippen LogP contribution in [0.4, 0.5) is 11.4 Å². The van der Waals surface area contributed by atoms with E-state index in [1.807, 2.05) is 6.07 Å². The van der Waals surface area contributed by atoms with Crippen LogP contribution in [-0.4, -0.2) is 32.1 Å². The molecule has 2 aliphatic heterocycles. The number of aryl methyl sites for hydroxylation is 1. The second-order valence-electron chi connectivity index (χ2n) is 5.56. The van der Waals surface area contributed by atoms with Crippen molar-refractivity contribution in [1.29, 1.82) is 0 Å². The van der Waals surface area contributed by atoms with Gasteiger partial charge in [0.15, 0.2) is 0 Å². The lowest BCUT2D eigenvalue weighted by Crippen LogP contribution is -2.35. The van der Waals surface area contributed by atoms with Crippen LogP contribution in [0.2, 0.25) is 0 Å². The fraction of sp³-hybridized carbons (Fsp3) is 0.533. The standard InChI is InChI=1S/C15H21N3O/c1-18(10-12-3-2-8-16-12)13-5-6-14-11(9-13)4-7-15(19)17-14/h5-6,9,12,16H,2-4,7-8,10H2,1H3,(H,17,19). The Hall–Kier alpha value is -1.55. The number of fused-ring (bicyclic) bond motifs is 1. The molecule has 19 heavy (non-hydrogen) atoms. The lowest BCUT2D eigenvalue weighted by Gasteiger charge is -2.25. The summed E-state index contributed by atoms with van der Waals surface area (Å²) in [5, 5.41) is 6.46. The molecule has 0 spiro atoms. The van der Waals surface area contributed by atoms with Crippen molar-refractivity contribution < 1.29 is 4.79 Å². The highest BCUT2D eigenvalue weighted by Gasteiger charge is 2.18. The topological polar surface area (TPSA) is 44.4 Å². The molecule has 0 radical (unpaired) electrons. The molecule has 0 aromatic heterocycles. The normalized spacial score (nSPS) is 21.9. The molecule has 1 aromatic rings. The van der Waals surface area contributed by atoms with Gasteiger partial charge in [-0.2, -0.15) is 0 Å². The predicted octanol–water partition coefficient (Wildman–Crippen LogP) is 1.76. The van der Waals surface area contributed by atoms with E-state index in [2.05, 4.69) is 34.7 Å². The Kier molecular flexibility index (Phi) is 3.42. The van der Waals surface area contributed by atoms with E-state index in [4.69, 9.17) is 0 Å². The van der Waals surface area contributed by atoms with Gasteiger partial charge in [0.2, 0.25) is 5.91 Å². The van der Waals surface area contributed by atoms with Gasteiger partial charge in [0.1, 0.15) is 0 Å². The summed E-state index contributed by atoms with van der Waals surface area (Å²) >= 11 is 0. The second-order valence-corrected chi connectivity index (χ2v) is 5.56. The van der Waals surface area contributed by atoms with Crippen LogP contribution in [0.1, 0.15) is 24.8 Å². The molecule has 3 rings (SSSR count). The molecule has 0 aliphatic carbocycles. The van der Waals surface area contributed by atoms with E-state index >= 15 is 0 Å². The van der Waals surface area contributed by atoms with Crippen LogP contribution in [0.15, 0.2) is 18.2 Å². The maximum atomic E-state index is 11.3. The minimum atomic E-state index is 0.128. The minimum absolute atomic E-state index is 0.128. The van der Waals surface area contributed by atoms with E-state index in [1.54, 1.807) is 0 Å². The molecular formula is C15H21N3O. The number of anilines is 2. The molecule has 1 unspecified atom stereocenters. The zero-order valence-electron chi connectivity index (χ0n) is 11.4. The number of benzene rings is 1. The summed E-state index contributed by atoms with van der Waals surface area (Å²) in [5.74, 6) is 0.128. The smallest absolute Gasteiger partial charge is 0.224 e. The molecule has 2 aliphatic rings. The van der Waals surface area contributed by atoms with Gasteiger partial charge in [0.25, 0.3) is 0 Å². The van der Waals surface area contributed by atoms with E-state index in [9.17, 15) is 4.79 Å². The molecule has 102 valence electrons. The second kappa shape index (κ2) is 5.21. The molecule has 4 heteroatoms. The first-order chi connectivity index (χ1) is 9.22. The van der Waals surface area contributed by atoms with Crippen LogP contribution < -0.4 is 15.5 Å². The molecule has 0 bridgehead atoms. The van der Waals surface area contributed by atoms with Gasteiger partial charge < -0.3 is 15.5 Å². The first-order valence-electron chi connectivity index (χ1n) is 7.10. The van der Waals surface area contributed by atoms with Crippen LogP contribution in [0, 0.1) is 0 Å². The number of amides is 1. The summed E-state index contributed by atoms with van der Waals surface area (Å²) < 4.78 is 0. The van der Waals surface area contributed by atoms with Gasteiger partial charge in [-0.25, -0.2) is 0 Å². The van der Waals surface area contributed by atoms with Crippen LogP contribution >= 0.6 is 0 Å². The highest BCUT2D eigenvalue weighted by atomic mass is 16.1. The Morgan fingerprint density at radius 2 is 2.26 bits per heavy atom. The molecular weight excluding hydrogens is 238 g/mol. The van der Waals surface area contributed by atoms with Crippen molar-refractivity contribution in [3.63, 3.8) is 0 Å². The highest BCUT2D eigenvalue weighted by Crippen LogP contribution is 2.27. The lowest BCUT2D eigenvalue weighted by atomic mass is 10.0. The van der Waals surface area contributed by atoms with Crippen molar-refractivity contribution in [2.75, 3.05) is 30.4 Å². The van der Waals surface area contributed by atoms with E-state index in [0.717, 1.165) is 25.2 Å². The first-order valence-corrected chi connectivity index (χ1v) is 7.10. The van der Waals surface area contributed by atoms with Gasteiger partial charge in [-0.15, -0.1) is 0 Å². The molecule has 0 saturated carbocycles. The number of likely N-dealkylation sites (N-methyl/N-ethyl adjacent to an activating group) is 1. The number of hydrogen-bond donors (Lipinski definition) is 2. The van der Waals surface area contributed by atoms with E-state index < -0.39 is 0 Å². The number of carbonyl (C=O) groups is 1. The quantitative estimate of drug-likeness (QED) is 0.869. The zero-order valence-corrected chi connectivity index (χ0v) is 11.4. The molecule has 1 amide bonds. The van der Waals surface area contributed by atoms with Gasteiger partial charge >= 0.3 is 0 Å². The number of nitrogens with one attached hydrogen (secondary N) is 2. The Balaban J connectivity index is 1.72. The summed E-state index contributed by atoms with van der Waals surface area (Å²) in [5.41, 5.74) is 3.47. The van der Waals surface area contributed by atoms with Crippen LogP contribution in [0.3, 0.4) is 0 Å². The van der Waals surface area contributed by atoms with Gasteiger partial charge in [-0.1, -0.05) is 0 Å². The Morgan fingerprint density at radius 1 is 1.37 bits per heavy atom. The SMILES string of the molecule is CN(CC1CCCN1)c1ccc2c(c1)CCC(=O)N2. The molecule has 1 saturated heterocycles. The lowest BCUT2D eigenvalue weighted by molar-refractivity contribution is -0.116. The third-order valence-electron chi connectivity index (χ3n) is 4.08. The average Bonchev–Trinajstić information content (AvgIpc) is 2.91. The van der Waals surface area contributed by atoms with Gasteiger partial charge in [0, 0.05) is 37.4 Å². The van der Waals surface area contributed by atoms with E-state index in [0.29, 0.717) is 12.5 Å². The summed E-state index contributed by atoms with van der Waals surface area (Å²) in [6.45, 7) is 2.19. The maximum absolute atomic E-state index is 11.3. The van der Waals surface area contributed by atoms with Crippen molar-refractivity contribution in [1.82, 2.24) is 5.32 Å². The Morgan fingerprint density at radius 3 is 3.05 bits per heavy atom. The number of hydrogen-bond acceptors (Lipinski definition) is 3. The van der Waals surface area contributed by atoms with Crippen molar-refractivity contribution in [3.05, 3.63) is 23.8 Å². The van der Waals surface area contributed by atoms with Gasteiger partial charge in [0.05, 0.1) is 0 Å². The summed E-state index contributed by atoms with van der Waals surface area (Å²) in [4.78, 5) is 13.7. The fourth-order valence-electron chi connectivity index (χ4n) is 2.96. The summed E-state index contributed by atoms with van der Waals surface area (Å²) in [6, 6.07) is 6.95. The van der Waals surface area contributed by atoms with Gasteiger partial charge in [-0.3, -0.25) is 4.79 Å². The first kappa shape index (κ1) is 12.5. The molecule has 1 atom stereocenters.